The molecule has 3 aromatic rings. The molecule has 5 nitrogen and oxygen atoms in total. The molecular formula is C13H12N4O. The molecule has 5 heteroatoms. The molecular weight excluding hydrogens is 228 g/mol. The van der Waals surface area contributed by atoms with Crippen LogP contribution in [0.4, 0.5) is 0 Å². The van der Waals surface area contributed by atoms with Crippen LogP contribution in [0.15, 0.2) is 65.8 Å². The maximum atomic E-state index is 9.98. The Labute approximate surface area is 104 Å². The summed E-state index contributed by atoms with van der Waals surface area (Å²) in [6.07, 6.45) is 5.08. The van der Waals surface area contributed by atoms with Crippen LogP contribution in [0.5, 0.6) is 0 Å². The van der Waals surface area contributed by atoms with E-state index in [1.54, 1.807) is 18.6 Å². The number of aromatic amines is 2. The summed E-state index contributed by atoms with van der Waals surface area (Å²) in [6, 6.07) is 13.0. The summed E-state index contributed by atoms with van der Waals surface area (Å²) in [5.41, 5.74) is 1.74. The van der Waals surface area contributed by atoms with Crippen molar-refractivity contribution in [2.75, 3.05) is 0 Å². The minimum absolute atomic E-state index is 0.0880. The molecule has 0 saturated carbocycles. The summed E-state index contributed by atoms with van der Waals surface area (Å²) >= 11 is 0. The van der Waals surface area contributed by atoms with E-state index in [1.807, 2.05) is 36.4 Å². The highest BCUT2D eigenvalue weighted by molar-refractivity contribution is 5.52. The summed E-state index contributed by atoms with van der Waals surface area (Å²) in [4.78, 5) is 18.4. The largest absolute Gasteiger partial charge is 0.305 e. The zero-order valence-corrected chi connectivity index (χ0v) is 9.58. The Morgan fingerprint density at radius 1 is 0.833 bits per heavy atom. The monoisotopic (exact) mass is 240 g/mol. The maximum absolute atomic E-state index is 9.98. The number of nitrogens with zero attached hydrogens (tertiary/aromatic N) is 2. The van der Waals surface area contributed by atoms with Crippen molar-refractivity contribution >= 4 is 0 Å². The molecule has 3 heterocycles. The Morgan fingerprint density at radius 3 is 1.72 bits per heavy atom. The van der Waals surface area contributed by atoms with E-state index < -0.39 is 0 Å². The maximum Gasteiger partial charge on any atom is 0.263 e. The molecule has 0 radical (unpaired) electrons. The van der Waals surface area contributed by atoms with E-state index >= 15 is 0 Å². The molecule has 0 aliphatic rings. The average Bonchev–Trinajstić information content (AvgIpc) is 2.93. The fourth-order valence-corrected chi connectivity index (χ4v) is 1.30. The highest BCUT2D eigenvalue weighted by atomic mass is 16.1. The molecule has 0 amide bonds. The van der Waals surface area contributed by atoms with Gasteiger partial charge in [0.15, 0.2) is 0 Å². The summed E-state index contributed by atoms with van der Waals surface area (Å²) in [6.45, 7) is 0. The number of pyridine rings is 2. The van der Waals surface area contributed by atoms with E-state index in [0.717, 1.165) is 11.4 Å². The molecule has 3 rings (SSSR count). The SMILES string of the molecule is O=c1cc[nH][nH]1.c1ccc(-c2ccccn2)nc1. The molecule has 2 N–H and O–H groups in total. The van der Waals surface area contributed by atoms with Gasteiger partial charge in [-0.15, -0.1) is 0 Å². The van der Waals surface area contributed by atoms with Gasteiger partial charge in [-0.25, -0.2) is 0 Å². The van der Waals surface area contributed by atoms with Gasteiger partial charge in [-0.2, -0.15) is 0 Å². The van der Waals surface area contributed by atoms with Gasteiger partial charge in [-0.1, -0.05) is 12.1 Å². The van der Waals surface area contributed by atoms with Gasteiger partial charge in [0.2, 0.25) is 0 Å². The van der Waals surface area contributed by atoms with Crippen LogP contribution in [0.25, 0.3) is 11.4 Å². The molecule has 3 aromatic heterocycles. The summed E-state index contributed by atoms with van der Waals surface area (Å²) in [7, 11) is 0. The number of hydrogen-bond donors (Lipinski definition) is 2. The van der Waals surface area contributed by atoms with Gasteiger partial charge in [0.25, 0.3) is 5.56 Å². The van der Waals surface area contributed by atoms with Crippen LogP contribution >= 0.6 is 0 Å². The molecule has 90 valence electrons. The van der Waals surface area contributed by atoms with Gasteiger partial charge in [-0.05, 0) is 24.3 Å². The predicted molar refractivity (Wildman–Crippen MR) is 68.9 cm³/mol. The molecule has 0 aliphatic carbocycles. The topological polar surface area (TPSA) is 74.4 Å². The molecule has 0 unspecified atom stereocenters. The van der Waals surface area contributed by atoms with Crippen molar-refractivity contribution < 1.29 is 0 Å². The van der Waals surface area contributed by atoms with Crippen LogP contribution < -0.4 is 5.56 Å². The van der Waals surface area contributed by atoms with Crippen molar-refractivity contribution in [2.45, 2.75) is 0 Å². The van der Waals surface area contributed by atoms with Crippen LogP contribution in [0, 0.1) is 0 Å². The smallest absolute Gasteiger partial charge is 0.263 e. The molecule has 18 heavy (non-hydrogen) atoms. The first-order valence-corrected chi connectivity index (χ1v) is 5.41. The molecule has 0 atom stereocenters. The Balaban J connectivity index is 0.000000169. The van der Waals surface area contributed by atoms with Crippen molar-refractivity contribution in [3.63, 3.8) is 0 Å². The zero-order valence-electron chi connectivity index (χ0n) is 9.58. The van der Waals surface area contributed by atoms with Crippen LogP contribution in [0.3, 0.4) is 0 Å². The lowest BCUT2D eigenvalue weighted by molar-refractivity contribution is 1.06. The quantitative estimate of drug-likeness (QED) is 0.681. The van der Waals surface area contributed by atoms with Crippen molar-refractivity contribution in [1.29, 1.82) is 0 Å². The molecule has 0 fully saturated rings. The number of rotatable bonds is 1. The summed E-state index contributed by atoms with van der Waals surface area (Å²) < 4.78 is 0. The number of aromatic nitrogens is 4. The van der Waals surface area contributed by atoms with Crippen LogP contribution in [0.2, 0.25) is 0 Å². The van der Waals surface area contributed by atoms with E-state index in [2.05, 4.69) is 20.2 Å². The second-order valence-electron chi connectivity index (χ2n) is 3.40. The van der Waals surface area contributed by atoms with E-state index in [1.165, 1.54) is 6.07 Å². The number of H-pyrrole nitrogens is 2. The molecule has 0 aromatic carbocycles. The van der Waals surface area contributed by atoms with Crippen LogP contribution in [0.1, 0.15) is 0 Å². The van der Waals surface area contributed by atoms with Gasteiger partial charge in [0.1, 0.15) is 0 Å². The first-order chi connectivity index (χ1) is 8.86. The molecule has 0 saturated heterocycles. The molecule has 0 spiro atoms. The van der Waals surface area contributed by atoms with Gasteiger partial charge >= 0.3 is 0 Å². The van der Waals surface area contributed by atoms with E-state index in [4.69, 9.17) is 0 Å². The average molecular weight is 240 g/mol. The third-order valence-corrected chi connectivity index (χ3v) is 2.11. The standard InChI is InChI=1S/C10H8N2.C3H4N2O/c1-3-7-11-9(5-1)10-6-2-4-8-12-10;6-3-1-2-4-5-3/h1-8H;1-2H,(H2,4,5,6). The van der Waals surface area contributed by atoms with Crippen molar-refractivity contribution in [3.8, 4) is 11.4 Å². The summed E-state index contributed by atoms with van der Waals surface area (Å²) in [5, 5.41) is 4.81. The Hall–Kier alpha value is -2.69. The Kier molecular flexibility index (Phi) is 4.02. The highest BCUT2D eigenvalue weighted by Gasteiger charge is 1.95. The van der Waals surface area contributed by atoms with Gasteiger partial charge in [0, 0.05) is 24.7 Å². The van der Waals surface area contributed by atoms with Crippen molar-refractivity contribution in [2.24, 2.45) is 0 Å². The second kappa shape index (κ2) is 6.15. The Bertz CT molecular complexity index is 562. The minimum Gasteiger partial charge on any atom is -0.305 e. The van der Waals surface area contributed by atoms with Crippen LogP contribution in [-0.4, -0.2) is 20.2 Å². The van der Waals surface area contributed by atoms with E-state index in [-0.39, 0.29) is 5.56 Å². The summed E-state index contributed by atoms with van der Waals surface area (Å²) in [5.74, 6) is 0. The zero-order chi connectivity index (χ0) is 12.6. The third kappa shape index (κ3) is 3.41. The fraction of sp³-hybridized carbons (Fsp3) is 0. The third-order valence-electron chi connectivity index (χ3n) is 2.11. The lowest BCUT2D eigenvalue weighted by Crippen LogP contribution is -1.93. The van der Waals surface area contributed by atoms with Gasteiger partial charge < -0.3 is 5.10 Å². The second-order valence-corrected chi connectivity index (χ2v) is 3.40. The first-order valence-electron chi connectivity index (χ1n) is 5.41. The van der Waals surface area contributed by atoms with Crippen LogP contribution in [-0.2, 0) is 0 Å². The lowest BCUT2D eigenvalue weighted by atomic mass is 10.2. The number of nitrogens with one attached hydrogen (secondary N) is 2. The predicted octanol–water partition coefficient (Wildman–Crippen LogP) is 1.85. The Morgan fingerprint density at radius 2 is 1.44 bits per heavy atom. The normalized spacial score (nSPS) is 9.33. The van der Waals surface area contributed by atoms with Gasteiger partial charge in [0.05, 0.1) is 11.4 Å². The number of hydrogen-bond acceptors (Lipinski definition) is 3. The highest BCUT2D eigenvalue weighted by Crippen LogP contribution is 2.10. The first kappa shape index (κ1) is 11.8. The lowest BCUT2D eigenvalue weighted by Gasteiger charge is -1.96. The van der Waals surface area contributed by atoms with E-state index in [0.29, 0.717) is 0 Å². The van der Waals surface area contributed by atoms with Crippen molar-refractivity contribution in [1.82, 2.24) is 20.2 Å². The van der Waals surface area contributed by atoms with Crippen molar-refractivity contribution in [3.05, 3.63) is 71.4 Å². The van der Waals surface area contributed by atoms with E-state index in [9.17, 15) is 4.79 Å². The minimum atomic E-state index is -0.0880. The van der Waals surface area contributed by atoms with Gasteiger partial charge in [-0.3, -0.25) is 19.9 Å². The molecule has 0 aliphatic heterocycles. The fourth-order valence-electron chi connectivity index (χ4n) is 1.30. The molecule has 0 bridgehead atoms.